The van der Waals surface area contributed by atoms with Crippen LogP contribution in [0, 0.1) is 6.92 Å². The quantitative estimate of drug-likeness (QED) is 0.214. The molecule has 4 aliphatic heterocycles. The Labute approximate surface area is 311 Å². The Morgan fingerprint density at radius 2 is 1.78 bits per heavy atom. The zero-order chi connectivity index (χ0) is 36.8. The van der Waals surface area contributed by atoms with E-state index in [2.05, 4.69) is 53.8 Å². The van der Waals surface area contributed by atoms with Crippen LogP contribution in [0.4, 0.5) is 33.5 Å². The third-order valence-corrected chi connectivity index (χ3v) is 10.7. The minimum atomic E-state index is -0.376. The number of carbonyl (C=O) groups is 3. The number of piperazine rings is 1. The molecule has 3 fully saturated rings. The molecule has 4 amide bonds. The van der Waals surface area contributed by atoms with E-state index in [9.17, 15) is 14.4 Å². The minimum Gasteiger partial charge on any atom is -0.474 e. The molecular weight excluding hydrogens is 688 g/mol. The Morgan fingerprint density at radius 1 is 0.963 bits per heavy atom. The van der Waals surface area contributed by atoms with Crippen LogP contribution in [0.1, 0.15) is 12.0 Å². The van der Waals surface area contributed by atoms with Crippen molar-refractivity contribution in [1.82, 2.24) is 39.8 Å². The Kier molecular flexibility index (Phi) is 8.65. The van der Waals surface area contributed by atoms with E-state index in [1.807, 2.05) is 47.5 Å². The first-order chi connectivity index (χ1) is 26.3. The second-order valence-electron chi connectivity index (χ2n) is 14.0. The molecule has 3 aromatic heterocycles. The minimum absolute atomic E-state index is 0.0367. The SMILES string of the molecule is Cc1c(-c2ccc3cnc(Nc4cnn(CC(=O)N5CCN(C6CN(c7ccc(N8CCC(=O)NC8=O)cc7)C6)CC5)c4)nc3c2)cnc2c1NCCO2. The van der Waals surface area contributed by atoms with Gasteiger partial charge in [-0.05, 0) is 48.4 Å². The van der Waals surface area contributed by atoms with Gasteiger partial charge in [0, 0.05) is 106 Å². The van der Waals surface area contributed by atoms with Gasteiger partial charge in [-0.15, -0.1) is 0 Å². The highest BCUT2D eigenvalue weighted by Crippen LogP contribution is 2.36. The van der Waals surface area contributed by atoms with Crippen LogP contribution in [0.5, 0.6) is 5.88 Å². The monoisotopic (exact) mass is 728 g/mol. The van der Waals surface area contributed by atoms with Crippen molar-refractivity contribution in [2.24, 2.45) is 0 Å². The molecule has 0 unspecified atom stereocenters. The number of nitrogens with one attached hydrogen (secondary N) is 3. The zero-order valence-electron chi connectivity index (χ0n) is 29.9. The predicted molar refractivity (Wildman–Crippen MR) is 203 cm³/mol. The highest BCUT2D eigenvalue weighted by Gasteiger charge is 2.35. The van der Waals surface area contributed by atoms with Gasteiger partial charge in [0.2, 0.25) is 23.6 Å². The highest BCUT2D eigenvalue weighted by molar-refractivity contribution is 6.05. The lowest BCUT2D eigenvalue weighted by molar-refractivity contribution is -0.134. The molecule has 16 heteroatoms. The van der Waals surface area contributed by atoms with E-state index in [1.165, 1.54) is 0 Å². The number of aromatic nitrogens is 5. The second-order valence-corrected chi connectivity index (χ2v) is 14.0. The molecule has 276 valence electrons. The van der Waals surface area contributed by atoms with Gasteiger partial charge in [0.1, 0.15) is 18.8 Å². The largest absolute Gasteiger partial charge is 0.474 e. The van der Waals surface area contributed by atoms with Crippen molar-refractivity contribution >= 4 is 57.4 Å². The summed E-state index contributed by atoms with van der Waals surface area (Å²) in [6.07, 6.45) is 7.41. The number of pyridine rings is 1. The fourth-order valence-electron chi connectivity index (χ4n) is 7.53. The van der Waals surface area contributed by atoms with Crippen molar-refractivity contribution in [2.45, 2.75) is 25.9 Å². The van der Waals surface area contributed by atoms with Crippen LogP contribution in [-0.4, -0.2) is 117 Å². The van der Waals surface area contributed by atoms with Crippen LogP contribution in [0.3, 0.4) is 0 Å². The van der Waals surface area contributed by atoms with Crippen molar-refractivity contribution in [2.75, 3.05) is 79.4 Å². The Bertz CT molecular complexity index is 2250. The number of urea groups is 1. The first kappa shape index (κ1) is 33.5. The lowest BCUT2D eigenvalue weighted by Gasteiger charge is -2.49. The first-order valence-corrected chi connectivity index (χ1v) is 18.3. The van der Waals surface area contributed by atoms with Crippen molar-refractivity contribution in [3.63, 3.8) is 0 Å². The first-order valence-electron chi connectivity index (χ1n) is 18.3. The molecule has 0 atom stereocenters. The van der Waals surface area contributed by atoms with Gasteiger partial charge in [-0.1, -0.05) is 12.1 Å². The molecule has 3 saturated heterocycles. The number of carbonyl (C=O) groups excluding carboxylic acids is 3. The summed E-state index contributed by atoms with van der Waals surface area (Å²) in [7, 11) is 0. The lowest BCUT2D eigenvalue weighted by atomic mass is 10.00. The molecule has 4 aliphatic rings. The normalized spacial score (nSPS) is 17.8. The summed E-state index contributed by atoms with van der Waals surface area (Å²) in [5, 5.41) is 14.4. The van der Waals surface area contributed by atoms with Crippen molar-refractivity contribution in [3.8, 4) is 17.0 Å². The average molecular weight is 729 g/mol. The molecule has 0 aliphatic carbocycles. The number of anilines is 5. The van der Waals surface area contributed by atoms with Gasteiger partial charge in [-0.3, -0.25) is 29.4 Å². The van der Waals surface area contributed by atoms with Gasteiger partial charge in [0.25, 0.3) is 0 Å². The number of fused-ring (bicyclic) bond motifs is 2. The van der Waals surface area contributed by atoms with Gasteiger partial charge in [0.15, 0.2) is 0 Å². The number of rotatable bonds is 8. The van der Waals surface area contributed by atoms with E-state index in [1.54, 1.807) is 28.2 Å². The lowest BCUT2D eigenvalue weighted by Crippen LogP contribution is -2.63. The fraction of sp³-hybridized carbons (Fsp3) is 0.342. The van der Waals surface area contributed by atoms with Crippen LogP contribution < -0.4 is 30.5 Å². The molecule has 3 N–H and O–H groups in total. The summed E-state index contributed by atoms with van der Waals surface area (Å²) in [4.78, 5) is 59.0. The zero-order valence-corrected chi connectivity index (χ0v) is 29.9. The molecule has 0 saturated carbocycles. The summed E-state index contributed by atoms with van der Waals surface area (Å²) in [5.74, 6) is 0.871. The van der Waals surface area contributed by atoms with E-state index in [0.717, 1.165) is 77.4 Å². The maximum Gasteiger partial charge on any atom is 0.328 e. The molecule has 0 spiro atoms. The number of ether oxygens (including phenoxy) is 1. The van der Waals surface area contributed by atoms with Crippen LogP contribution in [0.25, 0.3) is 22.0 Å². The van der Waals surface area contributed by atoms with Gasteiger partial charge in [-0.2, -0.15) is 5.10 Å². The van der Waals surface area contributed by atoms with Gasteiger partial charge in [-0.25, -0.2) is 19.7 Å². The number of benzene rings is 2. The molecule has 9 rings (SSSR count). The highest BCUT2D eigenvalue weighted by atomic mass is 16.5. The molecule has 16 nitrogen and oxygen atoms in total. The fourth-order valence-corrected chi connectivity index (χ4v) is 7.53. The van der Waals surface area contributed by atoms with Crippen LogP contribution in [-0.2, 0) is 16.1 Å². The molecule has 2 aromatic carbocycles. The summed E-state index contributed by atoms with van der Waals surface area (Å²) in [6.45, 7) is 8.78. The third-order valence-electron chi connectivity index (χ3n) is 10.7. The summed E-state index contributed by atoms with van der Waals surface area (Å²) in [6, 6.07) is 14.1. The van der Waals surface area contributed by atoms with E-state index in [-0.39, 0.29) is 24.4 Å². The standard InChI is InChI=1S/C38H40N12O4/c1-24-31(19-40-36-35(24)39-9-15-54-36)25-2-3-26-17-41-37(44-32(26)16-25)43-27-18-42-49(20-27)23-34(52)47-13-11-46(12-14-47)30-21-48(22-30)28-4-6-29(7-5-28)50-10-8-33(51)45-38(50)53/h2-7,16-20,30,39H,8-15,21-23H2,1H3,(H,41,43,44)(H,45,51,53). The van der Waals surface area contributed by atoms with Crippen molar-refractivity contribution < 1.29 is 19.1 Å². The third kappa shape index (κ3) is 6.59. The second kappa shape index (κ2) is 13.9. The Morgan fingerprint density at radius 3 is 2.59 bits per heavy atom. The Balaban J connectivity index is 0.757. The summed E-state index contributed by atoms with van der Waals surface area (Å²) < 4.78 is 7.34. The van der Waals surface area contributed by atoms with Crippen molar-refractivity contribution in [3.05, 3.63) is 72.8 Å². The maximum absolute atomic E-state index is 13.2. The molecule has 7 heterocycles. The number of nitrogens with zero attached hydrogens (tertiary/aromatic N) is 9. The van der Waals surface area contributed by atoms with Crippen molar-refractivity contribution in [1.29, 1.82) is 0 Å². The average Bonchev–Trinajstić information content (AvgIpc) is 3.61. The van der Waals surface area contributed by atoms with Gasteiger partial charge >= 0.3 is 6.03 Å². The van der Waals surface area contributed by atoms with E-state index in [0.29, 0.717) is 56.2 Å². The van der Waals surface area contributed by atoms with Crippen LogP contribution in [0.15, 0.2) is 67.3 Å². The molecule has 0 bridgehead atoms. The smallest absolute Gasteiger partial charge is 0.328 e. The summed E-state index contributed by atoms with van der Waals surface area (Å²) >= 11 is 0. The topological polar surface area (TPSA) is 166 Å². The van der Waals surface area contributed by atoms with Crippen LogP contribution in [0.2, 0.25) is 0 Å². The summed E-state index contributed by atoms with van der Waals surface area (Å²) in [5.41, 5.74) is 7.39. The predicted octanol–water partition coefficient (Wildman–Crippen LogP) is 3.22. The number of hydrogen-bond acceptors (Lipinski definition) is 12. The molecule has 0 radical (unpaired) electrons. The molecule has 5 aromatic rings. The Hall–Kier alpha value is -6.29. The number of hydrogen-bond donors (Lipinski definition) is 3. The molecule has 54 heavy (non-hydrogen) atoms. The van der Waals surface area contributed by atoms with Gasteiger partial charge < -0.3 is 25.2 Å². The molecular formula is C38H40N12O4. The maximum atomic E-state index is 13.2. The van der Waals surface area contributed by atoms with Crippen LogP contribution >= 0.6 is 0 Å². The van der Waals surface area contributed by atoms with Gasteiger partial charge in [0.05, 0.1) is 17.4 Å². The van der Waals surface area contributed by atoms with E-state index >= 15 is 0 Å². The van der Waals surface area contributed by atoms with E-state index < -0.39 is 0 Å². The number of amides is 4. The van der Waals surface area contributed by atoms with E-state index in [4.69, 9.17) is 9.72 Å². The number of imide groups is 1.